The molecule has 0 aliphatic carbocycles. The highest BCUT2D eigenvalue weighted by molar-refractivity contribution is 7.26. The fraction of sp³-hybridized carbons (Fsp3) is 0. The molecule has 0 N–H and O–H groups in total. The highest BCUT2D eigenvalue weighted by Gasteiger charge is 2.21. The molecule has 576 valence electrons. The van der Waals surface area contributed by atoms with Crippen LogP contribution in [-0.2, 0) is 0 Å². The zero-order chi connectivity index (χ0) is 81.5. The third kappa shape index (κ3) is 11.6. The van der Waals surface area contributed by atoms with Crippen LogP contribution in [0.4, 0.5) is 0 Å². The third-order valence-electron chi connectivity index (χ3n) is 25.7. The SMILES string of the molecule is c1cc(-c2ccc3c4ccccc4c4ccccc4c3c2)cc(-c2ccc3c4ccccc4c4cccnc4c3c2)c1.c1cc(-c2cccc(-c3cccc4c3sc3ccccc34)c2)cc(-c2cc3c4ccccc4c4ccccc4c3cn2)c1.c1ccc2c(c1)sc1ccc(-n3c4ccccc4c4cc(-n5c6ccccc6c6ccccc65)ccc43)cc12. The summed E-state index contributed by atoms with van der Waals surface area (Å²) < 4.78 is 10.2. The lowest BCUT2D eigenvalue weighted by atomic mass is 9.91. The van der Waals surface area contributed by atoms with E-state index in [9.17, 15) is 0 Å². The van der Waals surface area contributed by atoms with E-state index in [1.165, 1.54) is 231 Å². The van der Waals surface area contributed by atoms with Crippen LogP contribution in [-0.4, -0.2) is 19.1 Å². The molecule has 0 aliphatic rings. The van der Waals surface area contributed by atoms with Crippen LogP contribution in [0.1, 0.15) is 0 Å². The van der Waals surface area contributed by atoms with Crippen LogP contribution in [0.5, 0.6) is 0 Å². The van der Waals surface area contributed by atoms with E-state index in [2.05, 4.69) is 434 Å². The molecule has 0 bridgehead atoms. The molecule has 27 rings (SSSR count). The summed E-state index contributed by atoms with van der Waals surface area (Å²) in [7, 11) is 0. The normalized spacial score (nSPS) is 11.9. The van der Waals surface area contributed by atoms with Crippen molar-refractivity contribution in [1.82, 2.24) is 19.1 Å². The van der Waals surface area contributed by atoms with Crippen molar-refractivity contribution >= 4 is 204 Å². The van der Waals surface area contributed by atoms with Gasteiger partial charge in [0.05, 0.1) is 33.3 Å². The van der Waals surface area contributed by atoms with Gasteiger partial charge in [-0.15, -0.1) is 22.7 Å². The van der Waals surface area contributed by atoms with Gasteiger partial charge in [-0.2, -0.15) is 0 Å². The van der Waals surface area contributed by atoms with Gasteiger partial charge in [0.15, 0.2) is 0 Å². The topological polar surface area (TPSA) is 35.6 Å². The van der Waals surface area contributed by atoms with E-state index < -0.39 is 0 Å². The van der Waals surface area contributed by atoms with E-state index in [4.69, 9.17) is 9.97 Å². The fourth-order valence-corrected chi connectivity index (χ4v) is 22.3. The van der Waals surface area contributed by atoms with Crippen LogP contribution in [0.15, 0.2) is 437 Å². The van der Waals surface area contributed by atoms with Crippen molar-refractivity contribution in [2.45, 2.75) is 0 Å². The molecule has 0 saturated heterocycles. The van der Waals surface area contributed by atoms with Crippen LogP contribution in [0.25, 0.3) is 248 Å². The molecule has 124 heavy (non-hydrogen) atoms. The molecular formula is C118H72N4S2. The highest BCUT2D eigenvalue weighted by atomic mass is 32.1. The van der Waals surface area contributed by atoms with Gasteiger partial charge in [0.1, 0.15) is 0 Å². The Bertz CT molecular complexity index is 8780. The number of nitrogens with zero attached hydrogens (tertiary/aromatic N) is 4. The van der Waals surface area contributed by atoms with Gasteiger partial charge in [-0.1, -0.05) is 315 Å². The second-order valence-electron chi connectivity index (χ2n) is 32.5. The molecule has 0 atom stereocenters. The molecular weight excluding hydrogens is 1540 g/mol. The standard InChI is InChI=1S/C41H25NS.C41H25N.C36H22N2S/c1-3-16-33-31(14-1)32-15-2-4-17-34(32)38-25-42-39(24-37(33)38)29-13-8-11-27(23-29)26-10-7-12-28(22-26)30-19-9-20-36-35-18-5-6-21-40(35)43-41(30)36;1-2-13-32-30(11-1)31-12-4-6-16-35(31)39-24-28(18-20-36(32)39)26-9-7-10-27(23-26)29-19-21-37-33-14-3-5-15-34(33)38-17-8-22-42-41(38)40(37)25-29;1-5-13-31-25(9-1)26-10-2-6-14-32(26)37(31)23-17-19-34-29(21-23)27-11-3-7-15-33(27)38(34)24-18-20-36-30(22-24)28-12-4-8-16-35(28)39-36/h1-25H;1-25H;1-22H. The molecule has 21 aromatic carbocycles. The number of fused-ring (bicyclic) bond motifs is 30. The van der Waals surface area contributed by atoms with Crippen LogP contribution in [0.2, 0.25) is 0 Å². The predicted octanol–water partition coefficient (Wildman–Crippen LogP) is 33.5. The second kappa shape index (κ2) is 29.0. The van der Waals surface area contributed by atoms with Crippen molar-refractivity contribution in [1.29, 1.82) is 0 Å². The van der Waals surface area contributed by atoms with Crippen LogP contribution >= 0.6 is 22.7 Å². The van der Waals surface area contributed by atoms with Gasteiger partial charge in [0.25, 0.3) is 0 Å². The Balaban J connectivity index is 0.000000102. The Kier molecular flexibility index (Phi) is 16.7. The first-order chi connectivity index (χ1) is 61.5. The van der Waals surface area contributed by atoms with Gasteiger partial charge in [-0.3, -0.25) is 9.97 Å². The van der Waals surface area contributed by atoms with Crippen molar-refractivity contribution in [3.63, 3.8) is 0 Å². The van der Waals surface area contributed by atoms with E-state index in [1.54, 1.807) is 0 Å². The Morgan fingerprint density at radius 1 is 0.177 bits per heavy atom. The molecule has 6 aromatic heterocycles. The molecule has 0 fully saturated rings. The average Bonchev–Trinajstić information content (AvgIpc) is 1.02. The monoisotopic (exact) mass is 1610 g/mol. The smallest absolute Gasteiger partial charge is 0.0786 e. The van der Waals surface area contributed by atoms with Crippen molar-refractivity contribution in [3.05, 3.63) is 437 Å². The molecule has 27 aromatic rings. The Morgan fingerprint density at radius 3 is 1.10 bits per heavy atom. The Labute approximate surface area is 721 Å². The number of benzene rings is 21. The lowest BCUT2D eigenvalue weighted by Crippen LogP contribution is -1.95. The number of rotatable bonds is 7. The molecule has 6 heterocycles. The molecule has 0 saturated carbocycles. The molecule has 6 heteroatoms. The first-order valence-electron chi connectivity index (χ1n) is 42.4. The number of hydrogen-bond acceptors (Lipinski definition) is 4. The summed E-state index contributed by atoms with van der Waals surface area (Å²) in [5.41, 5.74) is 20.2. The fourth-order valence-electron chi connectivity index (χ4n) is 20.0. The van der Waals surface area contributed by atoms with Crippen molar-refractivity contribution in [2.24, 2.45) is 0 Å². The number of pyridine rings is 2. The van der Waals surface area contributed by atoms with Gasteiger partial charge in [0.2, 0.25) is 0 Å². The number of aromatic nitrogens is 4. The van der Waals surface area contributed by atoms with Gasteiger partial charge in [0, 0.05) is 107 Å². The minimum atomic E-state index is 0.987. The lowest BCUT2D eigenvalue weighted by Gasteiger charge is -2.13. The van der Waals surface area contributed by atoms with E-state index in [1.807, 2.05) is 34.9 Å². The maximum atomic E-state index is 4.99. The quantitative estimate of drug-likeness (QED) is 0.149. The Morgan fingerprint density at radius 2 is 0.532 bits per heavy atom. The zero-order valence-electron chi connectivity index (χ0n) is 67.2. The summed E-state index contributed by atoms with van der Waals surface area (Å²) in [5, 5.41) is 31.8. The third-order valence-corrected chi connectivity index (χ3v) is 28.0. The maximum absolute atomic E-state index is 4.99. The van der Waals surface area contributed by atoms with Gasteiger partial charge < -0.3 is 9.13 Å². The average molecular weight is 1610 g/mol. The number of hydrogen-bond donors (Lipinski definition) is 0. The number of para-hydroxylation sites is 3. The van der Waals surface area contributed by atoms with Gasteiger partial charge in [-0.25, -0.2) is 0 Å². The molecule has 0 aliphatic heterocycles. The zero-order valence-corrected chi connectivity index (χ0v) is 68.8. The van der Waals surface area contributed by atoms with E-state index in [0.29, 0.717) is 0 Å². The summed E-state index contributed by atoms with van der Waals surface area (Å²) in [6.45, 7) is 0. The van der Waals surface area contributed by atoms with E-state index in [-0.39, 0.29) is 0 Å². The van der Waals surface area contributed by atoms with Crippen LogP contribution in [0.3, 0.4) is 0 Å². The van der Waals surface area contributed by atoms with Crippen molar-refractivity contribution in [3.8, 4) is 67.1 Å². The second-order valence-corrected chi connectivity index (χ2v) is 34.6. The summed E-state index contributed by atoms with van der Waals surface area (Å²) in [6.07, 6.45) is 3.95. The molecule has 0 unspecified atom stereocenters. The van der Waals surface area contributed by atoms with Crippen molar-refractivity contribution in [2.75, 3.05) is 0 Å². The molecule has 0 spiro atoms. The summed E-state index contributed by atoms with van der Waals surface area (Å²) in [6, 6.07) is 155. The summed E-state index contributed by atoms with van der Waals surface area (Å²) >= 11 is 3.74. The maximum Gasteiger partial charge on any atom is 0.0786 e. The Hall–Kier alpha value is -15.7. The number of thiophene rings is 2. The largest absolute Gasteiger partial charge is 0.309 e. The van der Waals surface area contributed by atoms with E-state index >= 15 is 0 Å². The van der Waals surface area contributed by atoms with Gasteiger partial charge in [-0.05, 0) is 229 Å². The van der Waals surface area contributed by atoms with Crippen molar-refractivity contribution < 1.29 is 0 Å². The minimum absolute atomic E-state index is 0.987. The predicted molar refractivity (Wildman–Crippen MR) is 534 cm³/mol. The first kappa shape index (κ1) is 71.2. The van der Waals surface area contributed by atoms with E-state index in [0.717, 1.165) is 16.8 Å². The first-order valence-corrected chi connectivity index (χ1v) is 44.0. The lowest BCUT2D eigenvalue weighted by molar-refractivity contribution is 1.17. The molecule has 4 nitrogen and oxygen atoms in total. The summed E-state index contributed by atoms with van der Waals surface area (Å²) in [4.78, 5) is 9.83. The highest BCUT2D eigenvalue weighted by Crippen LogP contribution is 2.47. The minimum Gasteiger partial charge on any atom is -0.309 e. The molecule has 0 amide bonds. The summed E-state index contributed by atoms with van der Waals surface area (Å²) in [5.74, 6) is 0. The van der Waals surface area contributed by atoms with Crippen LogP contribution < -0.4 is 0 Å². The molecule has 0 radical (unpaired) electrons. The van der Waals surface area contributed by atoms with Gasteiger partial charge >= 0.3 is 0 Å². The van der Waals surface area contributed by atoms with Crippen LogP contribution in [0, 0.1) is 0 Å².